The quantitative estimate of drug-likeness (QED) is 0.499. The Balaban J connectivity index is 1.45. The van der Waals surface area contributed by atoms with Crippen molar-refractivity contribution in [2.24, 2.45) is 16.8 Å². The molecule has 0 spiro atoms. The summed E-state index contributed by atoms with van der Waals surface area (Å²) < 4.78 is 61.6. The molecule has 1 saturated carbocycles. The molecular weight excluding hydrogens is 417 g/mol. The molecule has 3 rings (SSSR count). The molecule has 0 radical (unpaired) electrons. The summed E-state index contributed by atoms with van der Waals surface area (Å²) in [6.45, 7) is 3.72. The van der Waals surface area contributed by atoms with Crippen molar-refractivity contribution in [2.75, 3.05) is 32.7 Å². The molecule has 1 heterocycles. The van der Waals surface area contributed by atoms with Crippen LogP contribution in [-0.4, -0.2) is 56.9 Å². The first-order valence-electron chi connectivity index (χ1n) is 10.4. The van der Waals surface area contributed by atoms with Crippen LogP contribution in [0.25, 0.3) is 0 Å². The van der Waals surface area contributed by atoms with E-state index in [1.165, 1.54) is 5.56 Å². The zero-order chi connectivity index (χ0) is 21.8. The molecule has 1 aliphatic heterocycles. The monoisotopic (exact) mass is 446 g/mol. The SMILES string of the molecule is CCNC(=NCC1CCN(S(=O)(=O)C(F)(F)F)CC1)NCC1CC1c1ccccc1. The van der Waals surface area contributed by atoms with Gasteiger partial charge in [0.05, 0.1) is 0 Å². The van der Waals surface area contributed by atoms with Crippen LogP contribution in [0.1, 0.15) is 37.7 Å². The summed E-state index contributed by atoms with van der Waals surface area (Å²) in [7, 11) is -5.23. The second-order valence-electron chi connectivity index (χ2n) is 7.91. The summed E-state index contributed by atoms with van der Waals surface area (Å²) >= 11 is 0. The van der Waals surface area contributed by atoms with Gasteiger partial charge in [0.25, 0.3) is 0 Å². The Morgan fingerprint density at radius 2 is 1.83 bits per heavy atom. The Morgan fingerprint density at radius 1 is 1.17 bits per heavy atom. The number of alkyl halides is 3. The van der Waals surface area contributed by atoms with E-state index in [1.54, 1.807) is 0 Å². The fourth-order valence-electron chi connectivity index (χ4n) is 3.85. The zero-order valence-corrected chi connectivity index (χ0v) is 17.8. The van der Waals surface area contributed by atoms with Crippen LogP contribution in [-0.2, 0) is 10.0 Å². The van der Waals surface area contributed by atoms with Crippen molar-refractivity contribution in [2.45, 2.75) is 37.6 Å². The van der Waals surface area contributed by atoms with Crippen LogP contribution in [0.3, 0.4) is 0 Å². The molecule has 1 saturated heterocycles. The molecule has 0 bridgehead atoms. The van der Waals surface area contributed by atoms with Gasteiger partial charge in [0.1, 0.15) is 0 Å². The molecule has 30 heavy (non-hydrogen) atoms. The summed E-state index contributed by atoms with van der Waals surface area (Å²) in [5.74, 6) is 1.90. The van der Waals surface area contributed by atoms with Crippen LogP contribution in [0.15, 0.2) is 35.3 Å². The third kappa shape index (κ3) is 5.66. The molecular formula is C20H29F3N4O2S. The predicted molar refractivity (Wildman–Crippen MR) is 111 cm³/mol. The highest BCUT2D eigenvalue weighted by Gasteiger charge is 2.50. The van der Waals surface area contributed by atoms with Crippen molar-refractivity contribution in [3.05, 3.63) is 35.9 Å². The van der Waals surface area contributed by atoms with Gasteiger partial charge >= 0.3 is 15.5 Å². The number of piperidine rings is 1. The molecule has 2 fully saturated rings. The molecule has 2 aliphatic rings. The topological polar surface area (TPSA) is 73.8 Å². The van der Waals surface area contributed by atoms with Crippen LogP contribution >= 0.6 is 0 Å². The highest BCUT2D eigenvalue weighted by atomic mass is 32.2. The molecule has 1 aromatic carbocycles. The van der Waals surface area contributed by atoms with Gasteiger partial charge in [0, 0.05) is 32.7 Å². The molecule has 0 aromatic heterocycles. The number of hydrogen-bond acceptors (Lipinski definition) is 3. The first kappa shape index (κ1) is 22.9. The van der Waals surface area contributed by atoms with Crippen molar-refractivity contribution >= 4 is 16.0 Å². The summed E-state index contributed by atoms with van der Waals surface area (Å²) in [4.78, 5) is 4.57. The molecule has 2 N–H and O–H groups in total. The van der Waals surface area contributed by atoms with Gasteiger partial charge in [-0.15, -0.1) is 0 Å². The minimum absolute atomic E-state index is 0.0677. The Bertz CT molecular complexity index is 822. The minimum atomic E-state index is -5.24. The molecule has 6 nitrogen and oxygen atoms in total. The molecule has 2 unspecified atom stereocenters. The van der Waals surface area contributed by atoms with E-state index in [0.29, 0.717) is 48.0 Å². The van der Waals surface area contributed by atoms with Gasteiger partial charge in [-0.3, -0.25) is 4.99 Å². The minimum Gasteiger partial charge on any atom is -0.357 e. The predicted octanol–water partition coefficient (Wildman–Crippen LogP) is 2.91. The molecule has 0 amide bonds. The van der Waals surface area contributed by atoms with Crippen LogP contribution in [0.2, 0.25) is 0 Å². The van der Waals surface area contributed by atoms with Crippen molar-refractivity contribution in [1.29, 1.82) is 0 Å². The number of sulfonamides is 1. The van der Waals surface area contributed by atoms with Crippen LogP contribution < -0.4 is 10.6 Å². The summed E-state index contributed by atoms with van der Waals surface area (Å²) in [6.07, 6.45) is 1.89. The number of rotatable bonds is 7. The van der Waals surface area contributed by atoms with E-state index in [4.69, 9.17) is 0 Å². The number of nitrogens with one attached hydrogen (secondary N) is 2. The third-order valence-corrected chi connectivity index (χ3v) is 7.37. The van der Waals surface area contributed by atoms with Crippen molar-refractivity contribution in [3.63, 3.8) is 0 Å². The highest BCUT2D eigenvalue weighted by molar-refractivity contribution is 7.90. The largest absolute Gasteiger partial charge is 0.511 e. The average molecular weight is 447 g/mol. The van der Waals surface area contributed by atoms with Gasteiger partial charge in [-0.25, -0.2) is 8.42 Å². The lowest BCUT2D eigenvalue weighted by Gasteiger charge is -2.30. The Hall–Kier alpha value is -1.81. The molecule has 1 aliphatic carbocycles. The zero-order valence-electron chi connectivity index (χ0n) is 17.0. The smallest absolute Gasteiger partial charge is 0.357 e. The number of halogens is 3. The second kappa shape index (κ2) is 9.55. The molecule has 168 valence electrons. The first-order chi connectivity index (χ1) is 14.2. The molecule has 2 atom stereocenters. The van der Waals surface area contributed by atoms with Gasteiger partial charge < -0.3 is 10.6 Å². The Kier molecular flexibility index (Phi) is 7.28. The third-order valence-electron chi connectivity index (χ3n) is 5.74. The average Bonchev–Trinajstić information content (AvgIpc) is 3.50. The number of nitrogens with zero attached hydrogens (tertiary/aromatic N) is 2. The maximum atomic E-state index is 12.7. The number of aliphatic imine (C=N–C) groups is 1. The molecule has 1 aromatic rings. The maximum Gasteiger partial charge on any atom is 0.511 e. The molecule has 10 heteroatoms. The lowest BCUT2D eigenvalue weighted by molar-refractivity contribution is -0.0496. The lowest BCUT2D eigenvalue weighted by Crippen LogP contribution is -2.45. The van der Waals surface area contributed by atoms with E-state index in [0.717, 1.165) is 13.0 Å². The normalized spacial score (nSPS) is 23.9. The van der Waals surface area contributed by atoms with Crippen LogP contribution in [0, 0.1) is 11.8 Å². The van der Waals surface area contributed by atoms with E-state index in [1.807, 2.05) is 13.0 Å². The van der Waals surface area contributed by atoms with Gasteiger partial charge in [-0.1, -0.05) is 30.3 Å². The van der Waals surface area contributed by atoms with Gasteiger partial charge in [-0.05, 0) is 49.5 Å². The summed E-state index contributed by atoms with van der Waals surface area (Å²) in [5, 5.41) is 6.56. The lowest BCUT2D eigenvalue weighted by atomic mass is 9.98. The number of benzene rings is 1. The van der Waals surface area contributed by atoms with E-state index < -0.39 is 15.5 Å². The number of hydrogen-bond donors (Lipinski definition) is 2. The first-order valence-corrected chi connectivity index (χ1v) is 11.8. The second-order valence-corrected chi connectivity index (χ2v) is 9.84. The maximum absolute atomic E-state index is 12.7. The standard InChI is InChI=1S/C20H29F3N4O2S/c1-2-24-19(26-14-17-12-18(17)16-6-4-3-5-7-16)25-13-15-8-10-27(11-9-15)30(28,29)20(21,22)23/h3-7,15,17-18H,2,8-14H2,1H3,(H2,24,25,26). The van der Waals surface area contributed by atoms with Crippen molar-refractivity contribution in [1.82, 2.24) is 14.9 Å². The summed E-state index contributed by atoms with van der Waals surface area (Å²) in [5.41, 5.74) is -3.88. The summed E-state index contributed by atoms with van der Waals surface area (Å²) in [6, 6.07) is 10.4. The van der Waals surface area contributed by atoms with Crippen LogP contribution in [0.5, 0.6) is 0 Å². The fourth-order valence-corrected chi connectivity index (χ4v) is 4.83. The van der Waals surface area contributed by atoms with E-state index in [2.05, 4.69) is 39.9 Å². The van der Waals surface area contributed by atoms with Crippen molar-refractivity contribution in [3.8, 4) is 0 Å². The Morgan fingerprint density at radius 3 is 2.43 bits per heavy atom. The van der Waals surface area contributed by atoms with Crippen molar-refractivity contribution < 1.29 is 21.6 Å². The van der Waals surface area contributed by atoms with E-state index >= 15 is 0 Å². The van der Waals surface area contributed by atoms with E-state index in [-0.39, 0.29) is 19.0 Å². The van der Waals surface area contributed by atoms with Crippen LogP contribution in [0.4, 0.5) is 13.2 Å². The van der Waals surface area contributed by atoms with Gasteiger partial charge in [0.15, 0.2) is 5.96 Å². The highest BCUT2D eigenvalue weighted by Crippen LogP contribution is 2.46. The van der Waals surface area contributed by atoms with Gasteiger partial charge in [-0.2, -0.15) is 17.5 Å². The number of guanidine groups is 1. The van der Waals surface area contributed by atoms with Gasteiger partial charge in [0.2, 0.25) is 0 Å². The fraction of sp³-hybridized carbons (Fsp3) is 0.650. The Labute approximate surface area is 176 Å². The van der Waals surface area contributed by atoms with E-state index in [9.17, 15) is 21.6 Å².